The lowest BCUT2D eigenvalue weighted by Crippen LogP contribution is -2.12. The highest BCUT2D eigenvalue weighted by Gasteiger charge is 2.15. The topological polar surface area (TPSA) is 92.2 Å². The molecule has 0 radical (unpaired) electrons. The highest BCUT2D eigenvalue weighted by Crippen LogP contribution is 2.16. The summed E-state index contributed by atoms with van der Waals surface area (Å²) in [5.41, 5.74) is 2.19. The van der Waals surface area contributed by atoms with Gasteiger partial charge in [0, 0.05) is 12.1 Å². The molecule has 2 aromatic rings. The van der Waals surface area contributed by atoms with Gasteiger partial charge in [-0.15, -0.1) is 5.10 Å². The second kappa shape index (κ2) is 6.94. The number of carbonyl (C=O) groups is 2. The maximum Gasteiger partial charge on any atom is 0.303 e. The molecule has 0 bridgehead atoms. The number of nitrogens with zero attached hydrogens (tertiary/aromatic N) is 2. The van der Waals surface area contributed by atoms with Crippen molar-refractivity contribution in [2.45, 2.75) is 26.2 Å². The minimum absolute atomic E-state index is 0.0656. The monoisotopic (exact) mass is 305 g/mol. The van der Waals surface area contributed by atoms with Crippen molar-refractivity contribution >= 4 is 29.1 Å². The van der Waals surface area contributed by atoms with E-state index in [4.69, 9.17) is 5.11 Å². The molecule has 110 valence electrons. The van der Waals surface area contributed by atoms with Crippen LogP contribution < -0.4 is 5.32 Å². The van der Waals surface area contributed by atoms with Gasteiger partial charge in [0.2, 0.25) is 0 Å². The number of carboxylic acids is 1. The fourth-order valence-corrected chi connectivity index (χ4v) is 2.50. The summed E-state index contributed by atoms with van der Waals surface area (Å²) >= 11 is 1.07. The standard InChI is InChI=1S/C14H15N3O3S/c1-2-11-13(21-17-16-11)14(20)15-10-5-3-4-9(8-10)6-7-12(18)19/h3-5,8H,2,6-7H2,1H3,(H,15,20)(H,18,19). The number of benzene rings is 1. The van der Waals surface area contributed by atoms with Gasteiger partial charge in [-0.1, -0.05) is 23.5 Å². The van der Waals surface area contributed by atoms with Gasteiger partial charge >= 0.3 is 5.97 Å². The van der Waals surface area contributed by atoms with E-state index in [-0.39, 0.29) is 12.3 Å². The minimum Gasteiger partial charge on any atom is -0.481 e. The van der Waals surface area contributed by atoms with Gasteiger partial charge in [-0.2, -0.15) is 0 Å². The van der Waals surface area contributed by atoms with Gasteiger partial charge in [-0.25, -0.2) is 0 Å². The number of anilines is 1. The van der Waals surface area contributed by atoms with Crippen LogP contribution in [0, 0.1) is 0 Å². The van der Waals surface area contributed by atoms with Gasteiger partial charge in [-0.3, -0.25) is 9.59 Å². The van der Waals surface area contributed by atoms with E-state index in [0.29, 0.717) is 29.1 Å². The Bertz CT molecular complexity index is 654. The van der Waals surface area contributed by atoms with Crippen molar-refractivity contribution in [1.82, 2.24) is 9.59 Å². The van der Waals surface area contributed by atoms with Crippen LogP contribution in [0.5, 0.6) is 0 Å². The number of aryl methyl sites for hydroxylation is 2. The van der Waals surface area contributed by atoms with Crippen molar-refractivity contribution in [2.24, 2.45) is 0 Å². The number of carboxylic acid groups (broad SMARTS) is 1. The molecule has 1 heterocycles. The van der Waals surface area contributed by atoms with E-state index in [1.54, 1.807) is 18.2 Å². The van der Waals surface area contributed by atoms with Gasteiger partial charge in [0.05, 0.1) is 5.69 Å². The fourth-order valence-electron chi connectivity index (χ4n) is 1.86. The third kappa shape index (κ3) is 4.09. The summed E-state index contributed by atoms with van der Waals surface area (Å²) in [6.45, 7) is 1.92. The molecule has 1 amide bonds. The van der Waals surface area contributed by atoms with Crippen molar-refractivity contribution in [2.75, 3.05) is 5.32 Å². The number of nitrogens with one attached hydrogen (secondary N) is 1. The average Bonchev–Trinajstić information content (AvgIpc) is 2.94. The van der Waals surface area contributed by atoms with Gasteiger partial charge in [0.15, 0.2) is 0 Å². The van der Waals surface area contributed by atoms with E-state index < -0.39 is 5.97 Å². The summed E-state index contributed by atoms with van der Waals surface area (Å²) in [5.74, 6) is -1.08. The summed E-state index contributed by atoms with van der Waals surface area (Å²) < 4.78 is 3.79. The van der Waals surface area contributed by atoms with Crippen LogP contribution in [0.1, 0.15) is 34.3 Å². The number of amides is 1. The molecule has 0 atom stereocenters. The molecule has 0 saturated carbocycles. The minimum atomic E-state index is -0.840. The van der Waals surface area contributed by atoms with Gasteiger partial charge in [0.25, 0.3) is 5.91 Å². The van der Waals surface area contributed by atoms with Gasteiger partial charge in [0.1, 0.15) is 4.88 Å². The lowest BCUT2D eigenvalue weighted by molar-refractivity contribution is -0.136. The van der Waals surface area contributed by atoms with E-state index >= 15 is 0 Å². The van der Waals surface area contributed by atoms with Crippen LogP contribution >= 0.6 is 11.5 Å². The molecule has 0 unspecified atom stereocenters. The number of carbonyl (C=O) groups excluding carboxylic acids is 1. The van der Waals surface area contributed by atoms with Crippen molar-refractivity contribution < 1.29 is 14.7 Å². The smallest absolute Gasteiger partial charge is 0.303 e. The number of rotatable bonds is 6. The van der Waals surface area contributed by atoms with Crippen molar-refractivity contribution in [3.8, 4) is 0 Å². The Hall–Kier alpha value is -2.28. The molecule has 0 spiro atoms. The zero-order valence-corrected chi connectivity index (χ0v) is 12.3. The first-order chi connectivity index (χ1) is 10.1. The van der Waals surface area contributed by atoms with Crippen molar-refractivity contribution in [3.05, 3.63) is 40.4 Å². The first kappa shape index (κ1) is 15.1. The Morgan fingerprint density at radius 2 is 2.19 bits per heavy atom. The predicted octanol–water partition coefficient (Wildman–Crippen LogP) is 2.37. The van der Waals surface area contributed by atoms with Crippen LogP contribution in [0.2, 0.25) is 0 Å². The quantitative estimate of drug-likeness (QED) is 0.854. The van der Waals surface area contributed by atoms with Crippen molar-refractivity contribution in [3.63, 3.8) is 0 Å². The largest absolute Gasteiger partial charge is 0.481 e. The lowest BCUT2D eigenvalue weighted by atomic mass is 10.1. The Labute approximate surface area is 126 Å². The van der Waals surface area contributed by atoms with Crippen molar-refractivity contribution in [1.29, 1.82) is 0 Å². The Morgan fingerprint density at radius 3 is 2.90 bits per heavy atom. The van der Waals surface area contributed by atoms with Crippen LogP contribution in [0.25, 0.3) is 0 Å². The maximum absolute atomic E-state index is 12.2. The predicted molar refractivity (Wildman–Crippen MR) is 79.6 cm³/mol. The summed E-state index contributed by atoms with van der Waals surface area (Å²) in [7, 11) is 0. The molecule has 1 aromatic heterocycles. The van der Waals surface area contributed by atoms with E-state index in [9.17, 15) is 9.59 Å². The van der Waals surface area contributed by atoms with Crippen LogP contribution in [0.4, 0.5) is 5.69 Å². The molecular formula is C14H15N3O3S. The number of aromatic nitrogens is 2. The van der Waals surface area contributed by atoms with Crippen LogP contribution in [-0.2, 0) is 17.6 Å². The molecular weight excluding hydrogens is 290 g/mol. The van der Waals surface area contributed by atoms with E-state index in [1.165, 1.54) is 0 Å². The molecule has 2 N–H and O–H groups in total. The molecule has 21 heavy (non-hydrogen) atoms. The summed E-state index contributed by atoms with van der Waals surface area (Å²) in [4.78, 5) is 23.2. The summed E-state index contributed by atoms with van der Waals surface area (Å²) in [6.07, 6.45) is 1.15. The highest BCUT2D eigenvalue weighted by molar-refractivity contribution is 7.08. The molecule has 6 nitrogen and oxygen atoms in total. The Balaban J connectivity index is 2.07. The SMILES string of the molecule is CCc1nnsc1C(=O)Nc1cccc(CCC(=O)O)c1. The third-order valence-electron chi connectivity index (χ3n) is 2.91. The molecule has 0 saturated heterocycles. The number of hydrogen-bond donors (Lipinski definition) is 2. The molecule has 0 aliphatic rings. The molecule has 0 aliphatic heterocycles. The average molecular weight is 305 g/mol. The second-order valence-corrected chi connectivity index (χ2v) is 5.20. The number of hydrogen-bond acceptors (Lipinski definition) is 5. The molecule has 7 heteroatoms. The molecule has 0 aliphatic carbocycles. The molecule has 1 aromatic carbocycles. The first-order valence-corrected chi connectivity index (χ1v) is 7.30. The maximum atomic E-state index is 12.2. The lowest BCUT2D eigenvalue weighted by Gasteiger charge is -2.06. The second-order valence-electron chi connectivity index (χ2n) is 4.45. The first-order valence-electron chi connectivity index (χ1n) is 6.53. The van der Waals surface area contributed by atoms with Crippen LogP contribution in [0.15, 0.2) is 24.3 Å². The zero-order valence-electron chi connectivity index (χ0n) is 11.5. The summed E-state index contributed by atoms with van der Waals surface area (Å²) in [5, 5.41) is 15.4. The number of aliphatic carboxylic acids is 1. The van der Waals surface area contributed by atoms with Gasteiger partial charge < -0.3 is 10.4 Å². The summed E-state index contributed by atoms with van der Waals surface area (Å²) in [6, 6.07) is 7.17. The Kier molecular flexibility index (Phi) is 4.99. The zero-order chi connectivity index (χ0) is 15.2. The molecule has 0 fully saturated rings. The third-order valence-corrected chi connectivity index (χ3v) is 3.68. The van der Waals surface area contributed by atoms with E-state index in [0.717, 1.165) is 17.1 Å². The Morgan fingerprint density at radius 1 is 1.38 bits per heavy atom. The van der Waals surface area contributed by atoms with Gasteiger partial charge in [-0.05, 0) is 42.1 Å². The fraction of sp³-hybridized carbons (Fsp3) is 0.286. The molecule has 2 rings (SSSR count). The van der Waals surface area contributed by atoms with E-state index in [2.05, 4.69) is 14.9 Å². The van der Waals surface area contributed by atoms with Crippen LogP contribution in [-0.4, -0.2) is 26.6 Å². The highest BCUT2D eigenvalue weighted by atomic mass is 32.1. The van der Waals surface area contributed by atoms with Crippen LogP contribution in [0.3, 0.4) is 0 Å². The normalized spacial score (nSPS) is 10.3. The van der Waals surface area contributed by atoms with E-state index in [1.807, 2.05) is 13.0 Å².